The van der Waals surface area contributed by atoms with Crippen LogP contribution in [0.5, 0.6) is 5.75 Å². The molecule has 0 aliphatic rings. The van der Waals surface area contributed by atoms with E-state index >= 15 is 0 Å². The van der Waals surface area contributed by atoms with Crippen LogP contribution in [0.1, 0.15) is 16.7 Å². The van der Waals surface area contributed by atoms with Crippen LogP contribution in [0.15, 0.2) is 42.7 Å². The molecule has 19 heavy (non-hydrogen) atoms. The van der Waals surface area contributed by atoms with Crippen molar-refractivity contribution in [1.29, 1.82) is 0 Å². The summed E-state index contributed by atoms with van der Waals surface area (Å²) >= 11 is 0. The minimum absolute atomic E-state index is 0.0694. The lowest BCUT2D eigenvalue weighted by Crippen LogP contribution is -2.25. The first-order valence-electron chi connectivity index (χ1n) is 6.47. The lowest BCUT2D eigenvalue weighted by molar-refractivity contribution is 0.407. The monoisotopic (exact) mass is 256 g/mol. The molecule has 100 valence electrons. The Morgan fingerprint density at radius 2 is 2.11 bits per heavy atom. The van der Waals surface area contributed by atoms with E-state index in [9.17, 15) is 0 Å². The van der Waals surface area contributed by atoms with E-state index in [-0.39, 0.29) is 6.04 Å². The standard InChI is InChI=1S/C16H20N2O/c1-12-5-6-16(19-2)14(8-12)10-15(17)9-13-4-3-7-18-11-13/h3-8,11,15H,9-10,17H2,1-2H3. The molecule has 0 saturated carbocycles. The first-order valence-corrected chi connectivity index (χ1v) is 6.47. The van der Waals surface area contributed by atoms with Crippen LogP contribution in [-0.4, -0.2) is 18.1 Å². The summed E-state index contributed by atoms with van der Waals surface area (Å²) in [4.78, 5) is 4.11. The van der Waals surface area contributed by atoms with Crippen molar-refractivity contribution in [3.8, 4) is 5.75 Å². The second kappa shape index (κ2) is 6.34. The van der Waals surface area contributed by atoms with Crippen molar-refractivity contribution in [3.63, 3.8) is 0 Å². The van der Waals surface area contributed by atoms with Crippen molar-refractivity contribution >= 4 is 0 Å². The molecule has 2 aromatic rings. The number of hydrogen-bond donors (Lipinski definition) is 1. The lowest BCUT2D eigenvalue weighted by Gasteiger charge is -2.15. The van der Waals surface area contributed by atoms with E-state index < -0.39 is 0 Å². The Balaban J connectivity index is 2.06. The number of aromatic nitrogens is 1. The summed E-state index contributed by atoms with van der Waals surface area (Å²) in [6.07, 6.45) is 5.27. The maximum absolute atomic E-state index is 6.23. The molecule has 0 bridgehead atoms. The largest absolute Gasteiger partial charge is 0.496 e. The molecular weight excluding hydrogens is 236 g/mol. The molecule has 0 aliphatic carbocycles. The number of rotatable bonds is 5. The Kier molecular flexibility index (Phi) is 4.53. The van der Waals surface area contributed by atoms with Gasteiger partial charge < -0.3 is 10.5 Å². The smallest absolute Gasteiger partial charge is 0.122 e. The minimum atomic E-state index is 0.0694. The van der Waals surface area contributed by atoms with Crippen LogP contribution < -0.4 is 10.5 Å². The van der Waals surface area contributed by atoms with Gasteiger partial charge in [0.1, 0.15) is 5.75 Å². The molecule has 0 spiro atoms. The summed E-state index contributed by atoms with van der Waals surface area (Å²) in [5.74, 6) is 0.909. The van der Waals surface area contributed by atoms with Crippen LogP contribution in [0.3, 0.4) is 0 Å². The molecule has 1 unspecified atom stereocenters. The van der Waals surface area contributed by atoms with Gasteiger partial charge in [0.15, 0.2) is 0 Å². The predicted octanol–water partition coefficient (Wildman–Crippen LogP) is 2.51. The highest BCUT2D eigenvalue weighted by Crippen LogP contribution is 2.21. The summed E-state index contributed by atoms with van der Waals surface area (Å²) in [6, 6.07) is 10.3. The average Bonchev–Trinajstić information content (AvgIpc) is 2.40. The molecule has 1 aromatic heterocycles. The number of nitrogens with two attached hydrogens (primary N) is 1. The van der Waals surface area contributed by atoms with Gasteiger partial charge in [-0.3, -0.25) is 4.98 Å². The number of benzene rings is 1. The van der Waals surface area contributed by atoms with E-state index in [0.717, 1.165) is 18.6 Å². The normalized spacial score (nSPS) is 12.2. The first kappa shape index (κ1) is 13.6. The third kappa shape index (κ3) is 3.80. The van der Waals surface area contributed by atoms with Gasteiger partial charge in [-0.2, -0.15) is 0 Å². The lowest BCUT2D eigenvalue weighted by atomic mass is 9.99. The van der Waals surface area contributed by atoms with E-state index in [0.29, 0.717) is 0 Å². The number of aryl methyl sites for hydroxylation is 1. The Morgan fingerprint density at radius 3 is 2.79 bits per heavy atom. The molecule has 0 fully saturated rings. The Morgan fingerprint density at radius 1 is 1.26 bits per heavy atom. The first-order chi connectivity index (χ1) is 9.19. The van der Waals surface area contributed by atoms with Crippen LogP contribution in [0, 0.1) is 6.92 Å². The molecule has 0 radical (unpaired) electrons. The van der Waals surface area contributed by atoms with Gasteiger partial charge in [0.05, 0.1) is 7.11 Å². The third-order valence-corrected chi connectivity index (χ3v) is 3.14. The Hall–Kier alpha value is -1.87. The van der Waals surface area contributed by atoms with Gasteiger partial charge in [-0.05, 0) is 43.0 Å². The van der Waals surface area contributed by atoms with E-state index in [2.05, 4.69) is 30.1 Å². The van der Waals surface area contributed by atoms with Crippen molar-refractivity contribution in [2.45, 2.75) is 25.8 Å². The molecule has 1 aromatic carbocycles. The quantitative estimate of drug-likeness (QED) is 0.894. The summed E-state index contributed by atoms with van der Waals surface area (Å²) in [6.45, 7) is 2.08. The van der Waals surface area contributed by atoms with Gasteiger partial charge >= 0.3 is 0 Å². The van der Waals surface area contributed by atoms with Crippen molar-refractivity contribution in [1.82, 2.24) is 4.98 Å². The zero-order chi connectivity index (χ0) is 13.7. The molecule has 0 aliphatic heterocycles. The van der Waals surface area contributed by atoms with Crippen molar-refractivity contribution in [2.24, 2.45) is 5.73 Å². The SMILES string of the molecule is COc1ccc(C)cc1CC(N)Cc1cccnc1. The molecule has 3 heteroatoms. The van der Waals surface area contributed by atoms with Crippen molar-refractivity contribution < 1.29 is 4.74 Å². The molecule has 1 heterocycles. The van der Waals surface area contributed by atoms with Crippen LogP contribution in [0.4, 0.5) is 0 Å². The van der Waals surface area contributed by atoms with Crippen LogP contribution in [0.2, 0.25) is 0 Å². The third-order valence-electron chi connectivity index (χ3n) is 3.14. The van der Waals surface area contributed by atoms with Gasteiger partial charge in [-0.25, -0.2) is 0 Å². The predicted molar refractivity (Wildman–Crippen MR) is 77.4 cm³/mol. The maximum Gasteiger partial charge on any atom is 0.122 e. The van der Waals surface area contributed by atoms with Crippen molar-refractivity contribution in [2.75, 3.05) is 7.11 Å². The highest BCUT2D eigenvalue weighted by atomic mass is 16.5. The molecule has 1 atom stereocenters. The van der Waals surface area contributed by atoms with Crippen LogP contribution >= 0.6 is 0 Å². The zero-order valence-corrected chi connectivity index (χ0v) is 11.5. The number of methoxy groups -OCH3 is 1. The number of nitrogens with zero attached hydrogens (tertiary/aromatic N) is 1. The van der Waals surface area contributed by atoms with Gasteiger partial charge in [0, 0.05) is 18.4 Å². The molecule has 0 saturated heterocycles. The fraction of sp³-hybridized carbons (Fsp3) is 0.312. The highest BCUT2D eigenvalue weighted by molar-refractivity contribution is 5.37. The topological polar surface area (TPSA) is 48.1 Å². The second-order valence-electron chi connectivity index (χ2n) is 4.84. The number of hydrogen-bond acceptors (Lipinski definition) is 3. The van der Waals surface area contributed by atoms with Gasteiger partial charge in [0.25, 0.3) is 0 Å². The highest BCUT2D eigenvalue weighted by Gasteiger charge is 2.10. The van der Waals surface area contributed by atoms with E-state index in [1.165, 1.54) is 16.7 Å². The van der Waals surface area contributed by atoms with Gasteiger partial charge in [0.2, 0.25) is 0 Å². The molecule has 2 N–H and O–H groups in total. The molecular formula is C16H20N2O. The van der Waals surface area contributed by atoms with Gasteiger partial charge in [-0.1, -0.05) is 23.8 Å². The van der Waals surface area contributed by atoms with Crippen LogP contribution in [-0.2, 0) is 12.8 Å². The Labute approximate surface area is 114 Å². The van der Waals surface area contributed by atoms with Crippen LogP contribution in [0.25, 0.3) is 0 Å². The molecule has 3 nitrogen and oxygen atoms in total. The molecule has 2 rings (SSSR count). The number of pyridine rings is 1. The minimum Gasteiger partial charge on any atom is -0.496 e. The van der Waals surface area contributed by atoms with E-state index in [4.69, 9.17) is 10.5 Å². The van der Waals surface area contributed by atoms with E-state index in [1.54, 1.807) is 13.3 Å². The maximum atomic E-state index is 6.23. The summed E-state index contributed by atoms with van der Waals surface area (Å²) in [7, 11) is 1.70. The fourth-order valence-corrected chi connectivity index (χ4v) is 2.24. The summed E-state index contributed by atoms with van der Waals surface area (Å²) in [5.41, 5.74) is 9.79. The second-order valence-corrected chi connectivity index (χ2v) is 4.84. The zero-order valence-electron chi connectivity index (χ0n) is 11.5. The van der Waals surface area contributed by atoms with Crippen molar-refractivity contribution in [3.05, 3.63) is 59.4 Å². The number of ether oxygens (including phenoxy) is 1. The summed E-state index contributed by atoms with van der Waals surface area (Å²) in [5, 5.41) is 0. The van der Waals surface area contributed by atoms with E-state index in [1.807, 2.05) is 18.3 Å². The average molecular weight is 256 g/mol. The Bertz CT molecular complexity index is 526. The summed E-state index contributed by atoms with van der Waals surface area (Å²) < 4.78 is 5.38. The molecule has 0 amide bonds. The fourth-order valence-electron chi connectivity index (χ4n) is 2.24. The van der Waals surface area contributed by atoms with Gasteiger partial charge in [-0.15, -0.1) is 0 Å².